The number of aromatic hydroxyl groups is 1. The molecule has 0 aliphatic heterocycles. The molecular formula is C12H17NO2. The second-order valence-electron chi connectivity index (χ2n) is 4.11. The largest absolute Gasteiger partial charge is 0.504 e. The minimum Gasteiger partial charge on any atom is -0.504 e. The van der Waals surface area contributed by atoms with Crippen LogP contribution >= 0.6 is 0 Å². The Morgan fingerprint density at radius 1 is 1.47 bits per heavy atom. The zero-order valence-corrected chi connectivity index (χ0v) is 8.94. The van der Waals surface area contributed by atoms with Gasteiger partial charge >= 0.3 is 0 Å². The molecule has 3 heteroatoms. The Kier molecular flexibility index (Phi) is 2.82. The zero-order chi connectivity index (χ0) is 10.8. The third-order valence-corrected chi connectivity index (χ3v) is 3.27. The molecule has 2 rings (SSSR count). The number of hydrogen-bond acceptors (Lipinski definition) is 3. The summed E-state index contributed by atoms with van der Waals surface area (Å²) < 4.78 is 5.06. The fourth-order valence-electron chi connectivity index (χ4n) is 2.03. The molecule has 0 bridgehead atoms. The van der Waals surface area contributed by atoms with Crippen LogP contribution in [0.3, 0.4) is 0 Å². The summed E-state index contributed by atoms with van der Waals surface area (Å²) in [7, 11) is 1.55. The molecule has 1 aromatic rings. The quantitative estimate of drug-likeness (QED) is 0.798. The number of hydrogen-bond donors (Lipinski definition) is 2. The highest BCUT2D eigenvalue weighted by molar-refractivity contribution is 5.47. The average Bonchev–Trinajstić information content (AvgIpc) is 2.15. The molecule has 3 N–H and O–H groups in total. The lowest BCUT2D eigenvalue weighted by molar-refractivity contribution is 0.259. The first-order valence-electron chi connectivity index (χ1n) is 5.35. The van der Waals surface area contributed by atoms with Gasteiger partial charge in [-0.2, -0.15) is 0 Å². The molecule has 0 amide bonds. The SMILES string of the molecule is COc1cccc([C@@H](N)C2CCC2)c1O. The highest BCUT2D eigenvalue weighted by Gasteiger charge is 2.27. The maximum absolute atomic E-state index is 9.92. The van der Waals surface area contributed by atoms with Crippen molar-refractivity contribution in [2.45, 2.75) is 25.3 Å². The molecule has 1 aromatic carbocycles. The van der Waals surface area contributed by atoms with Crippen LogP contribution in [-0.4, -0.2) is 12.2 Å². The summed E-state index contributed by atoms with van der Waals surface area (Å²) in [6.07, 6.45) is 3.58. The van der Waals surface area contributed by atoms with Crippen molar-refractivity contribution in [2.24, 2.45) is 11.7 Å². The second kappa shape index (κ2) is 4.11. The molecule has 1 aliphatic carbocycles. The average molecular weight is 207 g/mol. The lowest BCUT2D eigenvalue weighted by atomic mass is 9.77. The van der Waals surface area contributed by atoms with E-state index in [1.165, 1.54) is 6.42 Å². The van der Waals surface area contributed by atoms with E-state index in [0.717, 1.165) is 18.4 Å². The van der Waals surface area contributed by atoms with Gasteiger partial charge in [0.15, 0.2) is 11.5 Å². The normalized spacial score (nSPS) is 18.3. The number of para-hydroxylation sites is 1. The van der Waals surface area contributed by atoms with Crippen molar-refractivity contribution in [3.63, 3.8) is 0 Å². The van der Waals surface area contributed by atoms with Gasteiger partial charge in [0, 0.05) is 11.6 Å². The van der Waals surface area contributed by atoms with Crippen LogP contribution in [0.5, 0.6) is 11.5 Å². The summed E-state index contributed by atoms with van der Waals surface area (Å²) in [6, 6.07) is 5.42. The van der Waals surface area contributed by atoms with Gasteiger partial charge in [-0.15, -0.1) is 0 Å². The van der Waals surface area contributed by atoms with Crippen molar-refractivity contribution in [2.75, 3.05) is 7.11 Å². The molecule has 3 nitrogen and oxygen atoms in total. The summed E-state index contributed by atoms with van der Waals surface area (Å²) >= 11 is 0. The molecule has 1 fully saturated rings. The number of nitrogens with two attached hydrogens (primary N) is 1. The summed E-state index contributed by atoms with van der Waals surface area (Å²) in [6.45, 7) is 0. The molecule has 0 spiro atoms. The highest BCUT2D eigenvalue weighted by Crippen LogP contribution is 2.41. The van der Waals surface area contributed by atoms with Crippen LogP contribution in [0, 0.1) is 5.92 Å². The number of benzene rings is 1. The van der Waals surface area contributed by atoms with E-state index in [1.807, 2.05) is 12.1 Å². The summed E-state index contributed by atoms with van der Waals surface area (Å²) in [5, 5.41) is 9.92. The number of methoxy groups -OCH3 is 1. The Hall–Kier alpha value is -1.22. The Morgan fingerprint density at radius 3 is 2.73 bits per heavy atom. The Bertz CT molecular complexity index is 347. The lowest BCUT2D eigenvalue weighted by Crippen LogP contribution is -2.26. The number of phenolic OH excluding ortho intramolecular Hbond substituents is 1. The Balaban J connectivity index is 2.26. The third kappa shape index (κ3) is 1.79. The van der Waals surface area contributed by atoms with Crippen molar-refractivity contribution >= 4 is 0 Å². The van der Waals surface area contributed by atoms with Gasteiger partial charge in [-0.3, -0.25) is 0 Å². The Morgan fingerprint density at radius 2 is 2.20 bits per heavy atom. The van der Waals surface area contributed by atoms with E-state index < -0.39 is 0 Å². The smallest absolute Gasteiger partial charge is 0.162 e. The minimum absolute atomic E-state index is 0.0613. The van der Waals surface area contributed by atoms with Crippen molar-refractivity contribution in [1.82, 2.24) is 0 Å². The first-order valence-corrected chi connectivity index (χ1v) is 5.35. The van der Waals surface area contributed by atoms with Crippen LogP contribution in [0.25, 0.3) is 0 Å². The van der Waals surface area contributed by atoms with Crippen LogP contribution in [0.1, 0.15) is 30.9 Å². The minimum atomic E-state index is -0.0613. The highest BCUT2D eigenvalue weighted by atomic mass is 16.5. The molecule has 1 aliphatic rings. The number of ether oxygens (including phenoxy) is 1. The zero-order valence-electron chi connectivity index (χ0n) is 8.94. The molecule has 0 heterocycles. The summed E-state index contributed by atoms with van der Waals surface area (Å²) in [5.41, 5.74) is 6.91. The van der Waals surface area contributed by atoms with Gasteiger partial charge in [-0.1, -0.05) is 18.6 Å². The summed E-state index contributed by atoms with van der Waals surface area (Å²) in [5.74, 6) is 1.21. The van der Waals surface area contributed by atoms with Gasteiger partial charge in [0.05, 0.1) is 7.11 Å². The molecular weight excluding hydrogens is 190 g/mol. The van der Waals surface area contributed by atoms with E-state index in [4.69, 9.17) is 10.5 Å². The lowest BCUT2D eigenvalue weighted by Gasteiger charge is -2.31. The maximum atomic E-state index is 9.92. The van der Waals surface area contributed by atoms with Crippen molar-refractivity contribution in [3.8, 4) is 11.5 Å². The molecule has 1 saturated carbocycles. The van der Waals surface area contributed by atoms with Crippen LogP contribution in [0.4, 0.5) is 0 Å². The monoisotopic (exact) mass is 207 g/mol. The predicted molar refractivity (Wildman–Crippen MR) is 58.9 cm³/mol. The van der Waals surface area contributed by atoms with E-state index in [1.54, 1.807) is 13.2 Å². The predicted octanol–water partition coefficient (Wildman–Crippen LogP) is 2.20. The van der Waals surface area contributed by atoms with Crippen molar-refractivity contribution in [1.29, 1.82) is 0 Å². The van der Waals surface area contributed by atoms with Crippen molar-refractivity contribution in [3.05, 3.63) is 23.8 Å². The van der Waals surface area contributed by atoms with Crippen LogP contribution in [0.15, 0.2) is 18.2 Å². The second-order valence-corrected chi connectivity index (χ2v) is 4.11. The third-order valence-electron chi connectivity index (χ3n) is 3.27. The first kappa shape index (κ1) is 10.3. The molecule has 15 heavy (non-hydrogen) atoms. The molecule has 0 unspecified atom stereocenters. The topological polar surface area (TPSA) is 55.5 Å². The van der Waals surface area contributed by atoms with Gasteiger partial charge in [0.1, 0.15) is 0 Å². The standard InChI is InChI=1S/C12H17NO2/c1-15-10-7-3-6-9(12(10)14)11(13)8-4-2-5-8/h3,6-8,11,14H,2,4-5,13H2,1H3/t11-/m0/s1. The Labute approximate surface area is 89.9 Å². The van der Waals surface area contributed by atoms with E-state index in [0.29, 0.717) is 11.7 Å². The van der Waals surface area contributed by atoms with Crippen LogP contribution in [-0.2, 0) is 0 Å². The molecule has 0 radical (unpaired) electrons. The van der Waals surface area contributed by atoms with Gasteiger partial charge in [-0.05, 0) is 24.8 Å². The van der Waals surface area contributed by atoms with E-state index >= 15 is 0 Å². The van der Waals surface area contributed by atoms with Gasteiger partial charge in [-0.25, -0.2) is 0 Å². The van der Waals surface area contributed by atoms with E-state index in [-0.39, 0.29) is 11.8 Å². The maximum Gasteiger partial charge on any atom is 0.162 e. The first-order chi connectivity index (χ1) is 7.24. The molecule has 0 aromatic heterocycles. The fraction of sp³-hybridized carbons (Fsp3) is 0.500. The number of phenols is 1. The molecule has 0 saturated heterocycles. The van der Waals surface area contributed by atoms with Crippen LogP contribution < -0.4 is 10.5 Å². The van der Waals surface area contributed by atoms with Crippen LogP contribution in [0.2, 0.25) is 0 Å². The van der Waals surface area contributed by atoms with E-state index in [9.17, 15) is 5.11 Å². The molecule has 1 atom stereocenters. The van der Waals surface area contributed by atoms with Crippen molar-refractivity contribution < 1.29 is 9.84 Å². The van der Waals surface area contributed by atoms with E-state index in [2.05, 4.69) is 0 Å². The summed E-state index contributed by atoms with van der Waals surface area (Å²) in [4.78, 5) is 0. The van der Waals surface area contributed by atoms with Gasteiger partial charge < -0.3 is 15.6 Å². The van der Waals surface area contributed by atoms with Gasteiger partial charge in [0.25, 0.3) is 0 Å². The number of rotatable bonds is 3. The molecule has 82 valence electrons. The van der Waals surface area contributed by atoms with Gasteiger partial charge in [0.2, 0.25) is 0 Å². The fourth-order valence-corrected chi connectivity index (χ4v) is 2.03.